The molecule has 0 amide bonds. The van der Waals surface area contributed by atoms with Gasteiger partial charge in [-0.3, -0.25) is 0 Å². The minimum atomic E-state index is -0.0561. The highest BCUT2D eigenvalue weighted by Crippen LogP contribution is 2.68. The van der Waals surface area contributed by atoms with Crippen molar-refractivity contribution in [3.8, 4) is 0 Å². The maximum atomic E-state index is 4.80. The summed E-state index contributed by atoms with van der Waals surface area (Å²) < 4.78 is 2.12. The molecule has 5 rings (SSSR count). The highest BCUT2D eigenvalue weighted by molar-refractivity contribution is 5.90. The first-order valence-electron chi connectivity index (χ1n) is 12.6. The van der Waals surface area contributed by atoms with E-state index in [1.807, 2.05) is 12.4 Å². The number of fused-ring (bicyclic) bond motifs is 1. The third kappa shape index (κ3) is 3.88. The van der Waals surface area contributed by atoms with E-state index in [2.05, 4.69) is 82.6 Å². The maximum Gasteiger partial charge on any atom is 0.0693 e. The van der Waals surface area contributed by atoms with Crippen LogP contribution < -0.4 is 0 Å². The van der Waals surface area contributed by atoms with Crippen molar-refractivity contribution in [1.29, 1.82) is 0 Å². The summed E-state index contributed by atoms with van der Waals surface area (Å²) in [5, 5.41) is 8.60. The summed E-state index contributed by atoms with van der Waals surface area (Å²) in [5.74, 6) is 0.461. The molecule has 3 aromatic rings. The molecule has 2 aliphatic carbocycles. The average Bonchev–Trinajstić information content (AvgIpc) is 3.58. The Bertz CT molecular complexity index is 1100. The van der Waals surface area contributed by atoms with Gasteiger partial charge in [-0.1, -0.05) is 104 Å². The van der Waals surface area contributed by atoms with Gasteiger partial charge in [0.15, 0.2) is 0 Å². The number of hydrogen-bond acceptors (Lipinski definition) is 2. The molecule has 0 bridgehead atoms. The van der Waals surface area contributed by atoms with Gasteiger partial charge in [-0.05, 0) is 60.3 Å². The fourth-order valence-corrected chi connectivity index (χ4v) is 6.59. The van der Waals surface area contributed by atoms with E-state index in [9.17, 15) is 0 Å². The third-order valence-corrected chi connectivity index (χ3v) is 8.03. The molecule has 1 aromatic heterocycles. The lowest BCUT2D eigenvalue weighted by Crippen LogP contribution is -2.28. The molecular weight excluding hydrogens is 402 g/mol. The van der Waals surface area contributed by atoms with Crippen LogP contribution in [0.1, 0.15) is 75.5 Å². The predicted octanol–water partition coefficient (Wildman–Crippen LogP) is 7.76. The van der Waals surface area contributed by atoms with Crippen molar-refractivity contribution in [2.75, 3.05) is 0 Å². The van der Waals surface area contributed by atoms with Crippen LogP contribution in [-0.4, -0.2) is 15.0 Å². The first-order valence-corrected chi connectivity index (χ1v) is 12.6. The SMILES string of the molecule is C=C(c1ccccc1)[C@@]12CC[C@@H](n3ccnn3)C1CC(CCCCCC)=C2c1ccccc1. The van der Waals surface area contributed by atoms with Gasteiger partial charge in [-0.15, -0.1) is 5.10 Å². The van der Waals surface area contributed by atoms with Gasteiger partial charge in [0.05, 0.1) is 12.2 Å². The smallest absolute Gasteiger partial charge is 0.0693 e. The van der Waals surface area contributed by atoms with E-state index in [0.717, 1.165) is 19.3 Å². The maximum absolute atomic E-state index is 4.80. The first-order chi connectivity index (χ1) is 16.3. The molecule has 0 spiro atoms. The van der Waals surface area contributed by atoms with Crippen LogP contribution >= 0.6 is 0 Å². The second-order valence-electron chi connectivity index (χ2n) is 9.77. The molecule has 3 atom stereocenters. The average molecular weight is 438 g/mol. The number of aromatic nitrogens is 3. The molecule has 3 nitrogen and oxygen atoms in total. The highest BCUT2D eigenvalue weighted by Gasteiger charge is 2.57. The van der Waals surface area contributed by atoms with Crippen LogP contribution in [0, 0.1) is 11.3 Å². The minimum absolute atomic E-state index is 0.0561. The zero-order valence-corrected chi connectivity index (χ0v) is 19.8. The summed E-state index contributed by atoms with van der Waals surface area (Å²) in [5.41, 5.74) is 7.06. The van der Waals surface area contributed by atoms with E-state index in [1.54, 1.807) is 11.1 Å². The number of benzene rings is 2. The van der Waals surface area contributed by atoms with Crippen LogP contribution in [0.25, 0.3) is 11.1 Å². The Kier molecular flexibility index (Phi) is 6.30. The number of allylic oxidation sites excluding steroid dienone is 3. The van der Waals surface area contributed by atoms with Crippen LogP contribution in [0.3, 0.4) is 0 Å². The Morgan fingerprint density at radius 2 is 1.79 bits per heavy atom. The van der Waals surface area contributed by atoms with Crippen molar-refractivity contribution in [2.45, 2.75) is 64.3 Å². The molecular formula is C30H35N3. The molecule has 0 aliphatic heterocycles. The van der Waals surface area contributed by atoms with E-state index >= 15 is 0 Å². The van der Waals surface area contributed by atoms with Crippen LogP contribution in [0.5, 0.6) is 0 Å². The lowest BCUT2D eigenvalue weighted by Gasteiger charge is -2.37. The molecule has 0 radical (unpaired) electrons. The normalized spacial score (nSPS) is 24.3. The second-order valence-corrected chi connectivity index (χ2v) is 9.77. The van der Waals surface area contributed by atoms with Crippen LogP contribution in [0.2, 0.25) is 0 Å². The summed E-state index contributed by atoms with van der Waals surface area (Å²) in [4.78, 5) is 0. The van der Waals surface area contributed by atoms with Crippen LogP contribution in [-0.2, 0) is 0 Å². The van der Waals surface area contributed by atoms with Gasteiger partial charge in [0.25, 0.3) is 0 Å². The Labute approximate surface area is 198 Å². The van der Waals surface area contributed by atoms with Crippen molar-refractivity contribution in [3.05, 3.63) is 96.3 Å². The fourth-order valence-electron chi connectivity index (χ4n) is 6.59. The Morgan fingerprint density at radius 1 is 1.03 bits per heavy atom. The minimum Gasteiger partial charge on any atom is -0.249 e. The second kappa shape index (κ2) is 9.51. The lowest BCUT2D eigenvalue weighted by atomic mass is 9.66. The fraction of sp³-hybridized carbons (Fsp3) is 0.400. The van der Waals surface area contributed by atoms with E-state index in [4.69, 9.17) is 6.58 Å². The summed E-state index contributed by atoms with van der Waals surface area (Å²) in [6.45, 7) is 7.08. The molecule has 1 heterocycles. The standard InChI is InChI=1S/C30H35N3/c1-3-4-5-8-17-26-22-27-28(33-21-20-31-32-33)18-19-30(27,23(2)24-13-9-6-10-14-24)29(26)25-15-11-7-12-16-25/h6-7,9-16,20-21,27-28H,2-5,8,17-19,22H2,1H3/t27?,28-,30+/m1/s1. The van der Waals surface area contributed by atoms with Crippen molar-refractivity contribution >= 4 is 11.1 Å². The number of unbranched alkanes of at least 4 members (excludes halogenated alkanes) is 3. The Hall–Kier alpha value is -2.94. The van der Waals surface area contributed by atoms with Gasteiger partial charge >= 0.3 is 0 Å². The zero-order chi connectivity index (χ0) is 22.7. The Balaban J connectivity index is 1.63. The number of nitrogens with zero attached hydrogens (tertiary/aromatic N) is 3. The molecule has 0 N–H and O–H groups in total. The first kappa shape index (κ1) is 21.9. The third-order valence-electron chi connectivity index (χ3n) is 8.03. The molecule has 1 fully saturated rings. The summed E-state index contributed by atoms with van der Waals surface area (Å²) in [7, 11) is 0. The zero-order valence-electron chi connectivity index (χ0n) is 19.8. The number of hydrogen-bond donors (Lipinski definition) is 0. The van der Waals surface area contributed by atoms with Crippen LogP contribution in [0.15, 0.2) is 85.2 Å². The van der Waals surface area contributed by atoms with Gasteiger partial charge in [0, 0.05) is 11.6 Å². The summed E-state index contributed by atoms with van der Waals surface area (Å²) in [6.07, 6.45) is 13.6. The van der Waals surface area contributed by atoms with Crippen molar-refractivity contribution in [3.63, 3.8) is 0 Å². The van der Waals surface area contributed by atoms with E-state index in [-0.39, 0.29) is 5.41 Å². The molecule has 33 heavy (non-hydrogen) atoms. The molecule has 170 valence electrons. The molecule has 2 aromatic carbocycles. The van der Waals surface area contributed by atoms with Crippen LogP contribution in [0.4, 0.5) is 0 Å². The van der Waals surface area contributed by atoms with Gasteiger partial charge in [-0.2, -0.15) is 0 Å². The lowest BCUT2D eigenvalue weighted by molar-refractivity contribution is 0.296. The van der Waals surface area contributed by atoms with Gasteiger partial charge in [0.2, 0.25) is 0 Å². The topological polar surface area (TPSA) is 30.7 Å². The number of rotatable bonds is 9. The molecule has 2 aliphatic rings. The van der Waals surface area contributed by atoms with Gasteiger partial charge < -0.3 is 0 Å². The van der Waals surface area contributed by atoms with E-state index in [1.165, 1.54) is 48.8 Å². The molecule has 0 saturated heterocycles. The quantitative estimate of drug-likeness (QED) is 0.320. The van der Waals surface area contributed by atoms with Gasteiger partial charge in [0.1, 0.15) is 0 Å². The summed E-state index contributed by atoms with van der Waals surface area (Å²) >= 11 is 0. The van der Waals surface area contributed by atoms with Gasteiger partial charge in [-0.25, -0.2) is 4.68 Å². The summed E-state index contributed by atoms with van der Waals surface area (Å²) in [6, 6.07) is 22.3. The molecule has 3 heteroatoms. The van der Waals surface area contributed by atoms with E-state index in [0.29, 0.717) is 12.0 Å². The molecule has 1 unspecified atom stereocenters. The highest BCUT2D eigenvalue weighted by atomic mass is 15.4. The van der Waals surface area contributed by atoms with E-state index < -0.39 is 0 Å². The van der Waals surface area contributed by atoms with Crippen molar-refractivity contribution < 1.29 is 0 Å². The van der Waals surface area contributed by atoms with Crippen molar-refractivity contribution in [1.82, 2.24) is 15.0 Å². The largest absolute Gasteiger partial charge is 0.249 e. The predicted molar refractivity (Wildman–Crippen MR) is 136 cm³/mol. The van der Waals surface area contributed by atoms with Crippen molar-refractivity contribution in [2.24, 2.45) is 11.3 Å². The monoisotopic (exact) mass is 437 g/mol. The molecule has 1 saturated carbocycles. The Morgan fingerprint density at radius 3 is 2.48 bits per heavy atom.